The highest BCUT2D eigenvalue weighted by Gasteiger charge is 2.20. The molecule has 0 saturated carbocycles. The molecule has 7 heteroatoms. The number of rotatable bonds is 3. The summed E-state index contributed by atoms with van der Waals surface area (Å²) in [5, 5.41) is 9.36. The predicted molar refractivity (Wildman–Crippen MR) is 81.9 cm³/mol. The molecule has 1 aromatic heterocycles. The average Bonchev–Trinajstić information content (AvgIpc) is 2.59. The molecule has 3 rings (SSSR count). The normalized spacial score (nSPS) is 10.7. The molecule has 0 aliphatic rings. The van der Waals surface area contributed by atoms with Crippen LogP contribution in [0.1, 0.15) is 10.4 Å². The molecule has 0 saturated heterocycles. The minimum absolute atomic E-state index is 0.00467. The molecule has 3 nitrogen and oxygen atoms in total. The van der Waals surface area contributed by atoms with Gasteiger partial charge in [0.15, 0.2) is 23.3 Å². The van der Waals surface area contributed by atoms with E-state index in [0.717, 1.165) is 24.4 Å². The Morgan fingerprint density at radius 2 is 1.44 bits per heavy atom. The lowest BCUT2D eigenvalue weighted by molar-refractivity contribution is 0.0697. The van der Waals surface area contributed by atoms with Gasteiger partial charge in [0.05, 0.1) is 11.3 Å². The van der Waals surface area contributed by atoms with Crippen LogP contribution in [0.2, 0.25) is 0 Å². The fourth-order valence-corrected chi connectivity index (χ4v) is 2.40. The lowest BCUT2D eigenvalue weighted by atomic mass is 10.00. The number of nitrogens with zero attached hydrogens (tertiary/aromatic N) is 1. The van der Waals surface area contributed by atoms with Crippen LogP contribution in [0.4, 0.5) is 17.6 Å². The maximum atomic E-state index is 14.0. The van der Waals surface area contributed by atoms with Crippen molar-refractivity contribution >= 4 is 5.97 Å². The Morgan fingerprint density at radius 1 is 0.880 bits per heavy atom. The van der Waals surface area contributed by atoms with Crippen molar-refractivity contribution in [3.63, 3.8) is 0 Å². The first kappa shape index (κ1) is 16.6. The van der Waals surface area contributed by atoms with Crippen LogP contribution in [0.25, 0.3) is 22.4 Å². The number of pyridine rings is 1. The smallest absolute Gasteiger partial charge is 0.337 e. The van der Waals surface area contributed by atoms with Crippen molar-refractivity contribution in [2.45, 2.75) is 0 Å². The summed E-state index contributed by atoms with van der Waals surface area (Å²) >= 11 is 0. The molecule has 0 atom stereocenters. The standard InChI is InChI=1S/C18H9F4NO2/c19-13-5-1-3-10(15(13)21)9-7-12(18(24)25)17(23-8-9)11-4-2-6-14(20)16(11)22/h1-8H,(H,24,25). The molecule has 0 unspecified atom stereocenters. The molecule has 25 heavy (non-hydrogen) atoms. The Labute approximate surface area is 139 Å². The molecule has 1 N–H and O–H groups in total. The van der Waals surface area contributed by atoms with Gasteiger partial charge in [0.1, 0.15) is 0 Å². The van der Waals surface area contributed by atoms with E-state index < -0.39 is 34.8 Å². The Balaban J connectivity index is 2.22. The summed E-state index contributed by atoms with van der Waals surface area (Å²) in [6, 6.07) is 7.73. The third-order valence-electron chi connectivity index (χ3n) is 3.59. The van der Waals surface area contributed by atoms with Crippen molar-refractivity contribution in [1.82, 2.24) is 4.98 Å². The van der Waals surface area contributed by atoms with Crippen molar-refractivity contribution in [2.24, 2.45) is 0 Å². The summed E-state index contributed by atoms with van der Waals surface area (Å²) in [5.41, 5.74) is -1.32. The van der Waals surface area contributed by atoms with Crippen LogP contribution >= 0.6 is 0 Å². The Hall–Kier alpha value is -3.22. The van der Waals surface area contributed by atoms with Crippen molar-refractivity contribution in [2.75, 3.05) is 0 Å². The van der Waals surface area contributed by atoms with E-state index in [9.17, 15) is 27.5 Å². The first-order chi connectivity index (χ1) is 11.9. The fourth-order valence-electron chi connectivity index (χ4n) is 2.40. The van der Waals surface area contributed by atoms with E-state index in [2.05, 4.69) is 4.98 Å². The van der Waals surface area contributed by atoms with Crippen molar-refractivity contribution in [3.05, 3.63) is 77.5 Å². The third kappa shape index (κ3) is 2.96. The van der Waals surface area contributed by atoms with Crippen LogP contribution in [-0.2, 0) is 0 Å². The van der Waals surface area contributed by atoms with Gasteiger partial charge in [-0.3, -0.25) is 4.98 Å². The van der Waals surface area contributed by atoms with Crippen molar-refractivity contribution in [3.8, 4) is 22.4 Å². The van der Waals surface area contributed by atoms with Gasteiger partial charge in [-0.25, -0.2) is 22.4 Å². The van der Waals surface area contributed by atoms with E-state index in [1.807, 2.05) is 0 Å². The molecule has 0 amide bonds. The number of aromatic nitrogens is 1. The molecule has 1 heterocycles. The number of hydrogen-bond acceptors (Lipinski definition) is 2. The van der Waals surface area contributed by atoms with Crippen LogP contribution in [-0.4, -0.2) is 16.1 Å². The zero-order valence-electron chi connectivity index (χ0n) is 12.4. The number of halogens is 4. The quantitative estimate of drug-likeness (QED) is 0.701. The maximum absolute atomic E-state index is 14.0. The van der Waals surface area contributed by atoms with Crippen molar-refractivity contribution < 1.29 is 27.5 Å². The number of hydrogen-bond donors (Lipinski definition) is 1. The summed E-state index contributed by atoms with van der Waals surface area (Å²) in [7, 11) is 0. The second kappa shape index (κ2) is 6.35. The van der Waals surface area contributed by atoms with Gasteiger partial charge < -0.3 is 5.11 Å². The van der Waals surface area contributed by atoms with Gasteiger partial charge in [-0.15, -0.1) is 0 Å². The molecule has 0 bridgehead atoms. The van der Waals surface area contributed by atoms with Gasteiger partial charge in [0, 0.05) is 22.9 Å². The molecule has 0 aliphatic carbocycles. The first-order valence-electron chi connectivity index (χ1n) is 7.02. The van der Waals surface area contributed by atoms with Crippen molar-refractivity contribution in [1.29, 1.82) is 0 Å². The zero-order chi connectivity index (χ0) is 18.1. The van der Waals surface area contributed by atoms with Crippen LogP contribution < -0.4 is 0 Å². The topological polar surface area (TPSA) is 50.2 Å². The van der Waals surface area contributed by atoms with E-state index in [-0.39, 0.29) is 22.4 Å². The largest absolute Gasteiger partial charge is 0.478 e. The molecule has 126 valence electrons. The zero-order valence-corrected chi connectivity index (χ0v) is 12.4. The second-order valence-corrected chi connectivity index (χ2v) is 5.13. The second-order valence-electron chi connectivity index (χ2n) is 5.13. The fraction of sp³-hybridized carbons (Fsp3) is 0. The van der Waals surface area contributed by atoms with E-state index in [1.54, 1.807) is 0 Å². The monoisotopic (exact) mass is 347 g/mol. The summed E-state index contributed by atoms with van der Waals surface area (Å²) < 4.78 is 54.6. The highest BCUT2D eigenvalue weighted by atomic mass is 19.2. The number of carboxylic acid groups (broad SMARTS) is 1. The van der Waals surface area contributed by atoms with Gasteiger partial charge >= 0.3 is 5.97 Å². The molecular weight excluding hydrogens is 338 g/mol. The molecular formula is C18H9F4NO2. The van der Waals surface area contributed by atoms with E-state index in [0.29, 0.717) is 0 Å². The van der Waals surface area contributed by atoms with Gasteiger partial charge in [-0.1, -0.05) is 18.2 Å². The molecule has 0 spiro atoms. The van der Waals surface area contributed by atoms with Gasteiger partial charge in [-0.2, -0.15) is 0 Å². The first-order valence-corrected chi connectivity index (χ1v) is 7.02. The average molecular weight is 347 g/mol. The van der Waals surface area contributed by atoms with E-state index >= 15 is 0 Å². The van der Waals surface area contributed by atoms with Crippen LogP contribution in [0.5, 0.6) is 0 Å². The lowest BCUT2D eigenvalue weighted by Gasteiger charge is -2.10. The van der Waals surface area contributed by atoms with Gasteiger partial charge in [-0.05, 0) is 24.3 Å². The number of aromatic carboxylic acids is 1. The summed E-state index contributed by atoms with van der Waals surface area (Å²) in [6.45, 7) is 0. The van der Waals surface area contributed by atoms with Gasteiger partial charge in [0.2, 0.25) is 0 Å². The van der Waals surface area contributed by atoms with Crippen LogP contribution in [0, 0.1) is 23.3 Å². The number of carbonyl (C=O) groups is 1. The van der Waals surface area contributed by atoms with Gasteiger partial charge in [0.25, 0.3) is 0 Å². The Bertz CT molecular complexity index is 989. The maximum Gasteiger partial charge on any atom is 0.337 e. The van der Waals surface area contributed by atoms with Crippen LogP contribution in [0.3, 0.4) is 0 Å². The highest BCUT2D eigenvalue weighted by Crippen LogP contribution is 2.30. The molecule has 0 aliphatic heterocycles. The SMILES string of the molecule is O=C(O)c1cc(-c2cccc(F)c2F)cnc1-c1cccc(F)c1F. The number of carboxylic acids is 1. The number of benzene rings is 2. The third-order valence-corrected chi connectivity index (χ3v) is 3.59. The molecule has 0 fully saturated rings. The van der Waals surface area contributed by atoms with E-state index in [1.165, 1.54) is 24.3 Å². The molecule has 3 aromatic rings. The Kier molecular flexibility index (Phi) is 4.22. The summed E-state index contributed by atoms with van der Waals surface area (Å²) in [6.07, 6.45) is 1.07. The molecule has 0 radical (unpaired) electrons. The summed E-state index contributed by atoms with van der Waals surface area (Å²) in [4.78, 5) is 15.3. The molecule has 2 aromatic carbocycles. The van der Waals surface area contributed by atoms with Crippen LogP contribution in [0.15, 0.2) is 48.7 Å². The predicted octanol–water partition coefficient (Wildman–Crippen LogP) is 4.67. The van der Waals surface area contributed by atoms with E-state index in [4.69, 9.17) is 0 Å². The minimum Gasteiger partial charge on any atom is -0.478 e. The lowest BCUT2D eigenvalue weighted by Crippen LogP contribution is -2.04. The minimum atomic E-state index is -1.47. The highest BCUT2D eigenvalue weighted by molar-refractivity contribution is 5.96. The summed E-state index contributed by atoms with van der Waals surface area (Å²) in [5.74, 6) is -6.14. The Morgan fingerprint density at radius 3 is 2.04 bits per heavy atom.